The van der Waals surface area contributed by atoms with Gasteiger partial charge >= 0.3 is 0 Å². The van der Waals surface area contributed by atoms with Crippen molar-refractivity contribution in [3.63, 3.8) is 0 Å². The summed E-state index contributed by atoms with van der Waals surface area (Å²) in [5.74, 6) is 1.64. The van der Waals surface area contributed by atoms with E-state index in [1.807, 2.05) is 60.7 Å². The van der Waals surface area contributed by atoms with Gasteiger partial charge in [0.05, 0.1) is 0 Å². The lowest BCUT2D eigenvalue weighted by Gasteiger charge is -2.00. The van der Waals surface area contributed by atoms with Crippen molar-refractivity contribution in [3.8, 4) is 11.5 Å². The van der Waals surface area contributed by atoms with E-state index in [4.69, 9.17) is 9.47 Å². The molecule has 0 unspecified atom stereocenters. The van der Waals surface area contributed by atoms with E-state index >= 15 is 0 Å². The highest BCUT2D eigenvalue weighted by Crippen LogP contribution is 2.08. The van der Waals surface area contributed by atoms with Crippen LogP contribution in [0.3, 0.4) is 0 Å². The molecule has 2 rings (SSSR count). The molecule has 0 aliphatic carbocycles. The number of benzene rings is 2. The third-order valence-electron chi connectivity index (χ3n) is 2.20. The van der Waals surface area contributed by atoms with Crippen LogP contribution in [0.1, 0.15) is 0 Å². The van der Waals surface area contributed by atoms with Crippen LogP contribution in [-0.2, 0) is 0 Å². The van der Waals surface area contributed by atoms with Crippen LogP contribution in [0.15, 0.2) is 78.7 Å². The van der Waals surface area contributed by atoms with E-state index in [1.165, 1.54) is 6.26 Å². The number of para-hydroxylation sites is 2. The maximum Gasteiger partial charge on any atom is 0.133 e. The van der Waals surface area contributed by atoms with Crippen molar-refractivity contribution in [3.05, 3.63) is 78.7 Å². The molecular formula is C16H14O2. The van der Waals surface area contributed by atoms with Crippen LogP contribution in [0, 0.1) is 0 Å². The molecule has 0 aromatic heterocycles. The molecule has 0 aliphatic heterocycles. The summed E-state index contributed by atoms with van der Waals surface area (Å²) in [4.78, 5) is 0. The Morgan fingerprint density at radius 1 is 0.833 bits per heavy atom. The lowest BCUT2D eigenvalue weighted by Crippen LogP contribution is -1.91. The Bertz CT molecular complexity index is 511. The number of hydrogen-bond acceptors (Lipinski definition) is 2. The van der Waals surface area contributed by atoms with Crippen LogP contribution in [0.25, 0.3) is 0 Å². The van der Waals surface area contributed by atoms with E-state index in [1.54, 1.807) is 6.08 Å². The fraction of sp³-hybridized carbons (Fsp3) is 0.0625. The summed E-state index contributed by atoms with van der Waals surface area (Å²) in [6.45, 7) is 0.471. The Kier molecular flexibility index (Phi) is 4.68. The zero-order valence-corrected chi connectivity index (χ0v) is 9.95. The molecule has 90 valence electrons. The van der Waals surface area contributed by atoms with Crippen LogP contribution in [0.5, 0.6) is 11.5 Å². The fourth-order valence-electron chi connectivity index (χ4n) is 1.35. The van der Waals surface area contributed by atoms with E-state index in [0.29, 0.717) is 6.61 Å². The smallest absolute Gasteiger partial charge is 0.133 e. The molecule has 2 nitrogen and oxygen atoms in total. The quantitative estimate of drug-likeness (QED) is 0.582. The van der Waals surface area contributed by atoms with Gasteiger partial charge in [0.15, 0.2) is 0 Å². The van der Waals surface area contributed by atoms with Gasteiger partial charge in [-0.3, -0.25) is 0 Å². The van der Waals surface area contributed by atoms with E-state index < -0.39 is 0 Å². The first-order chi connectivity index (χ1) is 8.95. The van der Waals surface area contributed by atoms with E-state index in [9.17, 15) is 0 Å². The third kappa shape index (κ3) is 4.20. The van der Waals surface area contributed by atoms with Crippen LogP contribution in [0.4, 0.5) is 0 Å². The highest BCUT2D eigenvalue weighted by molar-refractivity contribution is 5.22. The van der Waals surface area contributed by atoms with Crippen LogP contribution in [0.2, 0.25) is 0 Å². The van der Waals surface area contributed by atoms with Gasteiger partial charge in [0.1, 0.15) is 24.4 Å². The van der Waals surface area contributed by atoms with Gasteiger partial charge in [-0.1, -0.05) is 42.1 Å². The van der Waals surface area contributed by atoms with Crippen molar-refractivity contribution in [2.24, 2.45) is 0 Å². The van der Waals surface area contributed by atoms with Gasteiger partial charge in [-0.2, -0.15) is 0 Å². The molecule has 2 heteroatoms. The van der Waals surface area contributed by atoms with Gasteiger partial charge in [-0.05, 0) is 30.3 Å². The molecule has 0 bridgehead atoms. The molecule has 0 saturated heterocycles. The minimum atomic E-state index is 0.471. The predicted octanol–water partition coefficient (Wildman–Crippen LogP) is 3.81. The minimum Gasteiger partial charge on any atom is -0.489 e. The summed E-state index contributed by atoms with van der Waals surface area (Å²) in [7, 11) is 0. The molecule has 0 spiro atoms. The molecule has 2 aromatic carbocycles. The largest absolute Gasteiger partial charge is 0.489 e. The minimum absolute atomic E-state index is 0.471. The molecule has 2 aromatic rings. The number of ether oxygens (including phenoxy) is 2. The zero-order chi connectivity index (χ0) is 12.5. The topological polar surface area (TPSA) is 18.5 Å². The van der Waals surface area contributed by atoms with Crippen molar-refractivity contribution in [1.82, 2.24) is 0 Å². The number of hydrogen-bond donors (Lipinski definition) is 0. The van der Waals surface area contributed by atoms with Crippen molar-refractivity contribution in [2.75, 3.05) is 6.61 Å². The highest BCUT2D eigenvalue weighted by atomic mass is 16.5. The van der Waals surface area contributed by atoms with E-state index in [0.717, 1.165) is 11.5 Å². The average Bonchev–Trinajstić information content (AvgIpc) is 2.45. The summed E-state index contributed by atoms with van der Waals surface area (Å²) in [5.41, 5.74) is 2.91. The normalized spacial score (nSPS) is 9.11. The second-order valence-electron chi connectivity index (χ2n) is 3.54. The fourth-order valence-corrected chi connectivity index (χ4v) is 1.35. The molecule has 0 amide bonds. The van der Waals surface area contributed by atoms with Crippen molar-refractivity contribution < 1.29 is 9.47 Å². The van der Waals surface area contributed by atoms with E-state index in [-0.39, 0.29) is 0 Å². The monoisotopic (exact) mass is 238 g/mol. The lowest BCUT2D eigenvalue weighted by molar-refractivity contribution is 0.363. The maximum absolute atomic E-state index is 5.46. The average molecular weight is 238 g/mol. The Morgan fingerprint density at radius 2 is 1.44 bits per heavy atom. The predicted molar refractivity (Wildman–Crippen MR) is 71.7 cm³/mol. The molecule has 0 radical (unpaired) electrons. The van der Waals surface area contributed by atoms with Gasteiger partial charge < -0.3 is 9.47 Å². The molecule has 0 fully saturated rings. The standard InChI is InChI=1S/C16H14O2/c1-3-9-15(10-4-1)17-13-7-8-14-18-16-11-5-2-6-12-16/h1-7,9-12,14H,13H2. The summed E-state index contributed by atoms with van der Waals surface area (Å²) in [6, 6.07) is 19.2. The summed E-state index contributed by atoms with van der Waals surface area (Å²) < 4.78 is 10.8. The molecule has 0 atom stereocenters. The van der Waals surface area contributed by atoms with Gasteiger partial charge in [0, 0.05) is 0 Å². The Labute approximate surface area is 107 Å². The first-order valence-corrected chi connectivity index (χ1v) is 5.74. The highest BCUT2D eigenvalue weighted by Gasteiger charge is 1.87. The SMILES string of the molecule is C(=CCOc1ccccc1)=COc1ccccc1. The summed E-state index contributed by atoms with van der Waals surface area (Å²) >= 11 is 0. The van der Waals surface area contributed by atoms with E-state index in [2.05, 4.69) is 5.73 Å². The van der Waals surface area contributed by atoms with Crippen molar-refractivity contribution >= 4 is 0 Å². The maximum atomic E-state index is 5.46. The molecule has 0 N–H and O–H groups in total. The number of rotatable bonds is 5. The molecule has 0 heterocycles. The second-order valence-corrected chi connectivity index (χ2v) is 3.54. The van der Waals surface area contributed by atoms with Gasteiger partial charge in [-0.15, -0.1) is 0 Å². The molecule has 18 heavy (non-hydrogen) atoms. The first-order valence-electron chi connectivity index (χ1n) is 5.74. The zero-order valence-electron chi connectivity index (χ0n) is 9.95. The lowest BCUT2D eigenvalue weighted by atomic mass is 10.3. The van der Waals surface area contributed by atoms with Crippen LogP contribution >= 0.6 is 0 Å². The molecule has 0 aliphatic rings. The van der Waals surface area contributed by atoms with Crippen molar-refractivity contribution in [1.29, 1.82) is 0 Å². The van der Waals surface area contributed by atoms with Gasteiger partial charge in [0.25, 0.3) is 0 Å². The third-order valence-corrected chi connectivity index (χ3v) is 2.20. The Hall–Kier alpha value is -2.44. The second kappa shape index (κ2) is 7.00. The summed E-state index contributed by atoms with van der Waals surface area (Å²) in [6.07, 6.45) is 3.29. The first kappa shape index (κ1) is 12.0. The van der Waals surface area contributed by atoms with Crippen molar-refractivity contribution in [2.45, 2.75) is 0 Å². The Balaban J connectivity index is 1.75. The van der Waals surface area contributed by atoms with Crippen LogP contribution in [-0.4, -0.2) is 6.61 Å². The Morgan fingerprint density at radius 3 is 2.11 bits per heavy atom. The summed E-state index contributed by atoms with van der Waals surface area (Å²) in [5, 5.41) is 0. The van der Waals surface area contributed by atoms with Crippen LogP contribution < -0.4 is 9.47 Å². The molecule has 0 saturated carbocycles. The van der Waals surface area contributed by atoms with Gasteiger partial charge in [-0.25, -0.2) is 0 Å². The van der Waals surface area contributed by atoms with Gasteiger partial charge in [0.2, 0.25) is 0 Å². The molecular weight excluding hydrogens is 224 g/mol.